The lowest BCUT2D eigenvalue weighted by Gasteiger charge is -2.15. The minimum absolute atomic E-state index is 0.498. The minimum Gasteiger partial charge on any atom is -0.475 e. The van der Waals surface area contributed by atoms with Gasteiger partial charge in [-0.25, -0.2) is 9.98 Å². The first kappa shape index (κ1) is 12.8. The summed E-state index contributed by atoms with van der Waals surface area (Å²) in [5.41, 5.74) is 9.97. The average Bonchev–Trinajstić information content (AvgIpc) is 3.08. The van der Waals surface area contributed by atoms with Crippen molar-refractivity contribution in [3.8, 4) is 11.1 Å². The molecule has 0 radical (unpaired) electrons. The van der Waals surface area contributed by atoms with Crippen molar-refractivity contribution >= 4 is 22.6 Å². The lowest BCUT2D eigenvalue weighted by molar-refractivity contribution is 0.349. The van der Waals surface area contributed by atoms with Crippen molar-refractivity contribution in [2.45, 2.75) is 0 Å². The van der Waals surface area contributed by atoms with Crippen LogP contribution in [-0.4, -0.2) is 24.0 Å². The number of nitrogen functional groups attached to an aromatic ring is 1. The van der Waals surface area contributed by atoms with Crippen LogP contribution in [0, 0.1) is 0 Å². The molecule has 0 fully saturated rings. The molecule has 1 aromatic heterocycles. The summed E-state index contributed by atoms with van der Waals surface area (Å²) < 4.78 is 5.73. The lowest BCUT2D eigenvalue weighted by atomic mass is 9.96. The fourth-order valence-corrected chi connectivity index (χ4v) is 2.84. The summed E-state index contributed by atoms with van der Waals surface area (Å²) in [5, 5.41) is 1.01. The molecular formula is C18H15N3O. The summed E-state index contributed by atoms with van der Waals surface area (Å²) in [4.78, 5) is 9.05. The van der Waals surface area contributed by atoms with Crippen LogP contribution < -0.4 is 5.73 Å². The number of benzene rings is 2. The molecule has 0 unspecified atom stereocenters. The summed E-state index contributed by atoms with van der Waals surface area (Å²) in [6.45, 7) is 1.29. The van der Waals surface area contributed by atoms with Gasteiger partial charge in [-0.1, -0.05) is 48.5 Å². The van der Waals surface area contributed by atoms with Crippen LogP contribution in [0.2, 0.25) is 0 Å². The number of rotatable bonds is 2. The molecule has 108 valence electrons. The molecule has 0 spiro atoms. The summed E-state index contributed by atoms with van der Waals surface area (Å²) in [6, 6.07) is 18.0. The maximum atomic E-state index is 6.27. The van der Waals surface area contributed by atoms with Gasteiger partial charge in [0.15, 0.2) is 0 Å². The van der Waals surface area contributed by atoms with E-state index in [1.54, 1.807) is 0 Å². The monoisotopic (exact) mass is 289 g/mol. The molecule has 2 aromatic carbocycles. The van der Waals surface area contributed by atoms with E-state index in [4.69, 9.17) is 10.5 Å². The van der Waals surface area contributed by atoms with Crippen molar-refractivity contribution in [3.63, 3.8) is 0 Å². The SMILES string of the molecule is Nc1nc2ccccc2c(C2=NCCO2)c1-c1ccccc1. The molecule has 22 heavy (non-hydrogen) atoms. The van der Waals surface area contributed by atoms with Crippen LogP contribution in [0.3, 0.4) is 0 Å². The van der Waals surface area contributed by atoms with E-state index in [2.05, 4.69) is 9.98 Å². The fraction of sp³-hybridized carbons (Fsp3) is 0.111. The van der Waals surface area contributed by atoms with Crippen molar-refractivity contribution in [1.29, 1.82) is 0 Å². The Hall–Kier alpha value is -2.88. The van der Waals surface area contributed by atoms with Gasteiger partial charge in [0.05, 0.1) is 17.6 Å². The van der Waals surface area contributed by atoms with E-state index in [9.17, 15) is 0 Å². The standard InChI is InChI=1S/C18H15N3O/c19-17-15(12-6-2-1-3-7-12)16(18-20-10-11-22-18)13-8-4-5-9-14(13)21-17/h1-9H,10-11H2,(H2,19,21). The van der Waals surface area contributed by atoms with Crippen LogP contribution in [0.15, 0.2) is 59.6 Å². The summed E-state index contributed by atoms with van der Waals surface area (Å²) in [5.74, 6) is 1.15. The number of aromatic nitrogens is 1. The van der Waals surface area contributed by atoms with Crippen molar-refractivity contribution in [3.05, 3.63) is 60.2 Å². The van der Waals surface area contributed by atoms with E-state index < -0.39 is 0 Å². The molecular weight excluding hydrogens is 274 g/mol. The highest BCUT2D eigenvalue weighted by molar-refractivity contribution is 6.13. The van der Waals surface area contributed by atoms with E-state index in [0.29, 0.717) is 24.9 Å². The highest BCUT2D eigenvalue weighted by Gasteiger charge is 2.22. The Balaban J connectivity index is 2.10. The van der Waals surface area contributed by atoms with Crippen molar-refractivity contribution < 1.29 is 4.74 Å². The first-order valence-corrected chi connectivity index (χ1v) is 7.26. The number of pyridine rings is 1. The van der Waals surface area contributed by atoms with E-state index >= 15 is 0 Å². The molecule has 3 aromatic rings. The predicted molar refractivity (Wildman–Crippen MR) is 88.9 cm³/mol. The Labute approximate surface area is 128 Å². The Kier molecular flexibility index (Phi) is 3.00. The topological polar surface area (TPSA) is 60.5 Å². The number of aliphatic imine (C=N–C) groups is 1. The maximum absolute atomic E-state index is 6.27. The molecule has 2 heterocycles. The van der Waals surface area contributed by atoms with Gasteiger partial charge in [0, 0.05) is 10.9 Å². The second kappa shape index (κ2) is 5.15. The van der Waals surface area contributed by atoms with Crippen LogP contribution in [0.5, 0.6) is 0 Å². The Morgan fingerprint density at radius 2 is 1.68 bits per heavy atom. The second-order valence-corrected chi connectivity index (χ2v) is 5.17. The predicted octanol–water partition coefficient (Wildman–Crippen LogP) is 3.26. The molecule has 0 aliphatic carbocycles. The smallest absolute Gasteiger partial charge is 0.217 e. The van der Waals surface area contributed by atoms with Crippen LogP contribution in [0.1, 0.15) is 5.56 Å². The van der Waals surface area contributed by atoms with Crippen molar-refractivity contribution in [2.75, 3.05) is 18.9 Å². The molecule has 2 N–H and O–H groups in total. The molecule has 0 saturated heterocycles. The van der Waals surface area contributed by atoms with Gasteiger partial charge in [0.1, 0.15) is 12.4 Å². The quantitative estimate of drug-likeness (QED) is 0.787. The first-order valence-electron chi connectivity index (χ1n) is 7.26. The molecule has 0 atom stereocenters. The molecule has 1 aliphatic rings. The molecule has 4 heteroatoms. The van der Waals surface area contributed by atoms with Gasteiger partial charge in [0.2, 0.25) is 5.90 Å². The van der Waals surface area contributed by atoms with E-state index in [1.165, 1.54) is 0 Å². The van der Waals surface area contributed by atoms with Gasteiger partial charge in [-0.05, 0) is 11.6 Å². The highest BCUT2D eigenvalue weighted by atomic mass is 16.5. The molecule has 1 aliphatic heterocycles. The molecule has 0 bridgehead atoms. The average molecular weight is 289 g/mol. The minimum atomic E-state index is 0.498. The maximum Gasteiger partial charge on any atom is 0.217 e. The molecule has 0 saturated carbocycles. The molecule has 0 amide bonds. The number of hydrogen-bond donors (Lipinski definition) is 1. The number of anilines is 1. The van der Waals surface area contributed by atoms with Crippen molar-refractivity contribution in [2.24, 2.45) is 4.99 Å². The zero-order valence-corrected chi connectivity index (χ0v) is 12.0. The van der Waals surface area contributed by atoms with E-state index in [1.807, 2.05) is 54.6 Å². The van der Waals surface area contributed by atoms with Gasteiger partial charge in [0.25, 0.3) is 0 Å². The van der Waals surface area contributed by atoms with Gasteiger partial charge < -0.3 is 10.5 Å². The summed E-state index contributed by atoms with van der Waals surface area (Å²) in [6.07, 6.45) is 0. The van der Waals surface area contributed by atoms with Crippen LogP contribution in [-0.2, 0) is 4.74 Å². The third-order valence-electron chi connectivity index (χ3n) is 3.78. The number of ether oxygens (including phenoxy) is 1. The number of nitrogens with two attached hydrogens (primary N) is 1. The van der Waals surface area contributed by atoms with Gasteiger partial charge in [-0.15, -0.1) is 0 Å². The third kappa shape index (κ3) is 2.00. The largest absolute Gasteiger partial charge is 0.475 e. The second-order valence-electron chi connectivity index (χ2n) is 5.17. The molecule has 4 rings (SSSR count). The van der Waals surface area contributed by atoms with Crippen LogP contribution >= 0.6 is 0 Å². The van der Waals surface area contributed by atoms with Gasteiger partial charge >= 0.3 is 0 Å². The van der Waals surface area contributed by atoms with Gasteiger partial charge in [-0.2, -0.15) is 0 Å². The first-order chi connectivity index (χ1) is 10.8. The van der Waals surface area contributed by atoms with Crippen LogP contribution in [0.25, 0.3) is 22.0 Å². The zero-order chi connectivity index (χ0) is 14.9. The Bertz CT molecular complexity index is 872. The van der Waals surface area contributed by atoms with E-state index in [0.717, 1.165) is 27.6 Å². The Morgan fingerprint density at radius 1 is 0.909 bits per heavy atom. The highest BCUT2D eigenvalue weighted by Crippen LogP contribution is 2.34. The van der Waals surface area contributed by atoms with Crippen molar-refractivity contribution in [1.82, 2.24) is 4.98 Å². The summed E-state index contributed by atoms with van der Waals surface area (Å²) >= 11 is 0. The number of nitrogens with zero attached hydrogens (tertiary/aromatic N) is 2. The number of para-hydroxylation sites is 1. The normalized spacial score (nSPS) is 13.9. The zero-order valence-electron chi connectivity index (χ0n) is 12.0. The van der Waals surface area contributed by atoms with Crippen LogP contribution in [0.4, 0.5) is 5.82 Å². The molecule has 4 nitrogen and oxygen atoms in total. The van der Waals surface area contributed by atoms with E-state index in [-0.39, 0.29) is 0 Å². The van der Waals surface area contributed by atoms with Gasteiger partial charge in [-0.3, -0.25) is 0 Å². The lowest BCUT2D eigenvalue weighted by Crippen LogP contribution is -2.08. The fourth-order valence-electron chi connectivity index (χ4n) is 2.84. The summed E-state index contributed by atoms with van der Waals surface area (Å²) in [7, 11) is 0. The third-order valence-corrected chi connectivity index (χ3v) is 3.78. The number of fused-ring (bicyclic) bond motifs is 1. The Morgan fingerprint density at radius 3 is 2.45 bits per heavy atom. The number of hydrogen-bond acceptors (Lipinski definition) is 4.